The summed E-state index contributed by atoms with van der Waals surface area (Å²) >= 11 is 0. The van der Waals surface area contributed by atoms with Gasteiger partial charge in [0.25, 0.3) is 0 Å². The van der Waals surface area contributed by atoms with E-state index in [0.717, 1.165) is 25.8 Å². The maximum absolute atomic E-state index is 11.5. The molecule has 1 N–H and O–H groups in total. The average molecular weight is 255 g/mol. The van der Waals surface area contributed by atoms with Gasteiger partial charge in [-0.15, -0.1) is 0 Å². The van der Waals surface area contributed by atoms with Crippen LogP contribution in [0.2, 0.25) is 0 Å². The fourth-order valence-electron chi connectivity index (χ4n) is 3.02. The number of nitrogens with zero attached hydrogens (tertiary/aromatic N) is 1. The standard InChI is InChI=1S/C15H29NO2/c1-4-5-10-14(15(17)18)16(11-12(2)3)13-8-6-7-9-13/h12-14H,4-11H2,1-3H3,(H,17,18). The molecule has 0 aromatic carbocycles. The Labute approximate surface area is 112 Å². The van der Waals surface area contributed by atoms with Crippen LogP contribution in [-0.2, 0) is 4.79 Å². The molecule has 0 radical (unpaired) electrons. The van der Waals surface area contributed by atoms with Gasteiger partial charge in [0.05, 0.1) is 0 Å². The van der Waals surface area contributed by atoms with Crippen molar-refractivity contribution in [3.63, 3.8) is 0 Å². The maximum atomic E-state index is 11.5. The predicted octanol–water partition coefficient (Wildman–Crippen LogP) is 3.53. The van der Waals surface area contributed by atoms with E-state index in [0.29, 0.717) is 12.0 Å². The molecule has 0 amide bonds. The van der Waals surface area contributed by atoms with Crippen LogP contribution in [0.3, 0.4) is 0 Å². The molecule has 3 heteroatoms. The Balaban J connectivity index is 2.72. The molecular weight excluding hydrogens is 226 g/mol. The zero-order chi connectivity index (χ0) is 13.5. The zero-order valence-corrected chi connectivity index (χ0v) is 12.2. The molecule has 0 aromatic rings. The highest BCUT2D eigenvalue weighted by Crippen LogP contribution is 2.27. The molecule has 18 heavy (non-hydrogen) atoms. The highest BCUT2D eigenvalue weighted by molar-refractivity contribution is 5.73. The van der Waals surface area contributed by atoms with E-state index >= 15 is 0 Å². The molecule has 0 heterocycles. The van der Waals surface area contributed by atoms with E-state index in [1.165, 1.54) is 25.7 Å². The Kier molecular flexibility index (Phi) is 6.69. The van der Waals surface area contributed by atoms with Gasteiger partial charge in [0.1, 0.15) is 6.04 Å². The quantitative estimate of drug-likeness (QED) is 0.721. The summed E-state index contributed by atoms with van der Waals surface area (Å²) in [5, 5.41) is 9.50. The van der Waals surface area contributed by atoms with Gasteiger partial charge in [0.2, 0.25) is 0 Å². The summed E-state index contributed by atoms with van der Waals surface area (Å²) in [4.78, 5) is 13.8. The lowest BCUT2D eigenvalue weighted by Crippen LogP contribution is -2.48. The summed E-state index contributed by atoms with van der Waals surface area (Å²) in [5.74, 6) is -0.0925. The van der Waals surface area contributed by atoms with Crippen molar-refractivity contribution in [2.24, 2.45) is 5.92 Å². The second kappa shape index (κ2) is 7.78. The molecule has 1 aliphatic carbocycles. The predicted molar refractivity (Wildman–Crippen MR) is 74.7 cm³/mol. The minimum absolute atomic E-state index is 0.268. The second-order valence-electron chi connectivity index (χ2n) is 6.03. The van der Waals surface area contributed by atoms with Gasteiger partial charge in [-0.3, -0.25) is 9.69 Å². The zero-order valence-electron chi connectivity index (χ0n) is 12.2. The monoisotopic (exact) mass is 255 g/mol. The lowest BCUT2D eigenvalue weighted by molar-refractivity contribution is -0.145. The molecule has 3 nitrogen and oxygen atoms in total. The SMILES string of the molecule is CCCCC(C(=O)O)N(CC(C)C)C1CCCC1. The molecule has 0 spiro atoms. The molecule has 106 valence electrons. The highest BCUT2D eigenvalue weighted by atomic mass is 16.4. The molecule has 1 rings (SSSR count). The van der Waals surface area contributed by atoms with Crippen molar-refractivity contribution in [1.29, 1.82) is 0 Å². The van der Waals surface area contributed by atoms with E-state index in [2.05, 4.69) is 25.7 Å². The van der Waals surface area contributed by atoms with Crippen LogP contribution in [0.4, 0.5) is 0 Å². The number of aliphatic carboxylic acids is 1. The second-order valence-corrected chi connectivity index (χ2v) is 6.03. The summed E-state index contributed by atoms with van der Waals surface area (Å²) in [6, 6.07) is 0.237. The average Bonchev–Trinajstić information content (AvgIpc) is 2.80. The van der Waals surface area contributed by atoms with Gasteiger partial charge in [-0.1, -0.05) is 46.5 Å². The van der Waals surface area contributed by atoms with Crippen LogP contribution in [0.25, 0.3) is 0 Å². The van der Waals surface area contributed by atoms with E-state index in [1.807, 2.05) is 0 Å². The Hall–Kier alpha value is -0.570. The molecule has 1 aliphatic rings. The fraction of sp³-hybridized carbons (Fsp3) is 0.933. The van der Waals surface area contributed by atoms with Crippen molar-refractivity contribution in [2.75, 3.05) is 6.54 Å². The molecular formula is C15H29NO2. The molecule has 0 aromatic heterocycles. The van der Waals surface area contributed by atoms with E-state index in [9.17, 15) is 9.90 Å². The summed E-state index contributed by atoms with van der Waals surface area (Å²) in [5.41, 5.74) is 0. The molecule has 0 bridgehead atoms. The van der Waals surface area contributed by atoms with Gasteiger partial charge in [-0.2, -0.15) is 0 Å². The smallest absolute Gasteiger partial charge is 0.320 e. The maximum Gasteiger partial charge on any atom is 0.320 e. The first-order valence-electron chi connectivity index (χ1n) is 7.54. The summed E-state index contributed by atoms with van der Waals surface area (Å²) in [7, 11) is 0. The summed E-state index contributed by atoms with van der Waals surface area (Å²) < 4.78 is 0. The van der Waals surface area contributed by atoms with E-state index in [-0.39, 0.29) is 6.04 Å². The fourth-order valence-corrected chi connectivity index (χ4v) is 3.02. The van der Waals surface area contributed by atoms with Gasteiger partial charge in [-0.05, 0) is 25.2 Å². The van der Waals surface area contributed by atoms with Gasteiger partial charge in [-0.25, -0.2) is 0 Å². The highest BCUT2D eigenvalue weighted by Gasteiger charge is 2.32. The molecule has 1 unspecified atom stereocenters. The number of hydrogen-bond donors (Lipinski definition) is 1. The number of carboxylic acids is 1. The molecule has 0 aliphatic heterocycles. The van der Waals surface area contributed by atoms with Crippen LogP contribution in [-0.4, -0.2) is 34.6 Å². The number of carbonyl (C=O) groups is 1. The van der Waals surface area contributed by atoms with Gasteiger partial charge in [0.15, 0.2) is 0 Å². The van der Waals surface area contributed by atoms with Crippen molar-refractivity contribution in [3.8, 4) is 0 Å². The van der Waals surface area contributed by atoms with Crippen LogP contribution in [0.1, 0.15) is 65.7 Å². The molecule has 1 fully saturated rings. The topological polar surface area (TPSA) is 40.5 Å². The van der Waals surface area contributed by atoms with Gasteiger partial charge < -0.3 is 5.11 Å². The molecule has 1 saturated carbocycles. The Morgan fingerprint density at radius 1 is 1.33 bits per heavy atom. The van der Waals surface area contributed by atoms with Crippen LogP contribution in [0, 0.1) is 5.92 Å². The Morgan fingerprint density at radius 2 is 1.94 bits per heavy atom. The normalized spacial score (nSPS) is 18.7. The lowest BCUT2D eigenvalue weighted by Gasteiger charge is -2.35. The lowest BCUT2D eigenvalue weighted by atomic mass is 10.0. The van der Waals surface area contributed by atoms with Crippen molar-refractivity contribution < 1.29 is 9.90 Å². The van der Waals surface area contributed by atoms with Crippen LogP contribution in [0.5, 0.6) is 0 Å². The molecule has 0 saturated heterocycles. The van der Waals surface area contributed by atoms with Crippen molar-refractivity contribution in [2.45, 2.75) is 77.8 Å². The van der Waals surface area contributed by atoms with E-state index < -0.39 is 5.97 Å². The first-order chi connectivity index (χ1) is 8.56. The van der Waals surface area contributed by atoms with E-state index in [4.69, 9.17) is 0 Å². The minimum Gasteiger partial charge on any atom is -0.480 e. The van der Waals surface area contributed by atoms with Crippen molar-refractivity contribution in [1.82, 2.24) is 4.90 Å². The third-order valence-corrected chi connectivity index (χ3v) is 3.89. The van der Waals surface area contributed by atoms with Crippen molar-refractivity contribution in [3.05, 3.63) is 0 Å². The first-order valence-corrected chi connectivity index (χ1v) is 7.54. The van der Waals surface area contributed by atoms with Crippen LogP contribution >= 0.6 is 0 Å². The Bertz CT molecular complexity index is 247. The summed E-state index contributed by atoms with van der Waals surface area (Å²) in [6.07, 6.45) is 7.78. The van der Waals surface area contributed by atoms with E-state index in [1.54, 1.807) is 0 Å². The van der Waals surface area contributed by atoms with Crippen LogP contribution < -0.4 is 0 Å². The van der Waals surface area contributed by atoms with Gasteiger partial charge >= 0.3 is 5.97 Å². The minimum atomic E-state index is -0.629. The molecule has 1 atom stereocenters. The van der Waals surface area contributed by atoms with Crippen LogP contribution in [0.15, 0.2) is 0 Å². The number of carboxylic acid groups (broad SMARTS) is 1. The van der Waals surface area contributed by atoms with Gasteiger partial charge in [0, 0.05) is 12.6 Å². The third-order valence-electron chi connectivity index (χ3n) is 3.89. The largest absolute Gasteiger partial charge is 0.480 e. The van der Waals surface area contributed by atoms with Crippen molar-refractivity contribution >= 4 is 5.97 Å². The number of rotatable bonds is 8. The third kappa shape index (κ3) is 4.60. The number of hydrogen-bond acceptors (Lipinski definition) is 2. The Morgan fingerprint density at radius 3 is 2.39 bits per heavy atom. The first kappa shape index (κ1) is 15.5. The summed E-state index contributed by atoms with van der Waals surface area (Å²) in [6.45, 7) is 7.41. The number of unbranched alkanes of at least 4 members (excludes halogenated alkanes) is 1.